The largest absolute Gasteiger partial charge is 0.396 e. The van der Waals surface area contributed by atoms with Crippen molar-refractivity contribution in [3.05, 3.63) is 84.2 Å². The summed E-state index contributed by atoms with van der Waals surface area (Å²) in [6.45, 7) is 0.992. The number of aromatic nitrogens is 2. The Labute approximate surface area is 143 Å². The Balaban J connectivity index is 1.77. The average molecular weight is 321 g/mol. The van der Waals surface area contributed by atoms with Crippen molar-refractivity contribution >= 4 is 0 Å². The third-order valence-corrected chi connectivity index (χ3v) is 4.23. The number of rotatable bonds is 7. The molecule has 0 radical (unpaired) electrons. The second-order valence-electron chi connectivity index (χ2n) is 5.97. The Morgan fingerprint density at radius 2 is 1.92 bits per heavy atom. The van der Waals surface area contributed by atoms with Crippen molar-refractivity contribution in [3.8, 4) is 5.69 Å². The molecule has 1 atom stereocenters. The van der Waals surface area contributed by atoms with Gasteiger partial charge in [0.25, 0.3) is 0 Å². The van der Waals surface area contributed by atoms with Gasteiger partial charge in [0.1, 0.15) is 0 Å². The van der Waals surface area contributed by atoms with E-state index in [0.29, 0.717) is 0 Å². The van der Waals surface area contributed by atoms with Gasteiger partial charge in [-0.2, -0.15) is 5.10 Å². The molecular formula is C20H23N3O. The summed E-state index contributed by atoms with van der Waals surface area (Å²) in [5.41, 5.74) is 3.52. The third-order valence-electron chi connectivity index (χ3n) is 4.23. The fourth-order valence-corrected chi connectivity index (χ4v) is 3.06. The van der Waals surface area contributed by atoms with Gasteiger partial charge in [-0.05, 0) is 42.8 Å². The summed E-state index contributed by atoms with van der Waals surface area (Å²) in [5, 5.41) is 13.7. The van der Waals surface area contributed by atoms with Crippen molar-refractivity contribution in [3.63, 3.8) is 0 Å². The maximum absolute atomic E-state index is 9.44. The van der Waals surface area contributed by atoms with Gasteiger partial charge in [-0.3, -0.25) is 4.90 Å². The van der Waals surface area contributed by atoms with E-state index in [1.54, 1.807) is 6.20 Å². The minimum atomic E-state index is 0.178. The Morgan fingerprint density at radius 1 is 1.08 bits per heavy atom. The molecule has 124 valence electrons. The SMILES string of the molecule is CN(Cc1cccc(-n2cccn2)c1)C(CCO)c1ccccc1. The molecule has 2 aromatic carbocycles. The van der Waals surface area contributed by atoms with E-state index in [1.807, 2.05) is 35.1 Å². The van der Waals surface area contributed by atoms with Gasteiger partial charge in [-0.1, -0.05) is 42.5 Å². The summed E-state index contributed by atoms with van der Waals surface area (Å²) in [6.07, 6.45) is 4.45. The van der Waals surface area contributed by atoms with E-state index in [9.17, 15) is 5.11 Å². The van der Waals surface area contributed by atoms with Crippen LogP contribution in [0.15, 0.2) is 73.1 Å². The van der Waals surface area contributed by atoms with E-state index in [2.05, 4.69) is 53.4 Å². The molecule has 3 rings (SSSR count). The summed E-state index contributed by atoms with van der Waals surface area (Å²) in [4.78, 5) is 2.29. The van der Waals surface area contributed by atoms with E-state index in [4.69, 9.17) is 0 Å². The molecule has 0 amide bonds. The molecule has 1 aromatic heterocycles. The molecule has 1 N–H and O–H groups in total. The van der Waals surface area contributed by atoms with E-state index < -0.39 is 0 Å². The van der Waals surface area contributed by atoms with Crippen LogP contribution in [0.3, 0.4) is 0 Å². The second-order valence-corrected chi connectivity index (χ2v) is 5.97. The number of aliphatic hydroxyl groups is 1. The van der Waals surface area contributed by atoms with Crippen LogP contribution in [-0.2, 0) is 6.54 Å². The topological polar surface area (TPSA) is 41.3 Å². The predicted molar refractivity (Wildman–Crippen MR) is 95.9 cm³/mol. The van der Waals surface area contributed by atoms with Gasteiger partial charge >= 0.3 is 0 Å². The standard InChI is InChI=1S/C20H23N3O/c1-22(20(11-14-24)18-8-3-2-4-9-18)16-17-7-5-10-19(15-17)23-13-6-12-21-23/h2-10,12-13,15,20,24H,11,14,16H2,1H3. The highest BCUT2D eigenvalue weighted by Crippen LogP contribution is 2.24. The molecule has 24 heavy (non-hydrogen) atoms. The minimum Gasteiger partial charge on any atom is -0.396 e. The summed E-state index contributed by atoms with van der Waals surface area (Å²) >= 11 is 0. The lowest BCUT2D eigenvalue weighted by molar-refractivity contribution is 0.180. The van der Waals surface area contributed by atoms with Gasteiger partial charge in [-0.25, -0.2) is 4.68 Å². The van der Waals surface area contributed by atoms with Crippen molar-refractivity contribution in [1.82, 2.24) is 14.7 Å². The summed E-state index contributed by atoms with van der Waals surface area (Å²) in [6, 6.07) is 20.9. The maximum atomic E-state index is 9.44. The fraction of sp³-hybridized carbons (Fsp3) is 0.250. The van der Waals surface area contributed by atoms with Gasteiger partial charge in [0, 0.05) is 31.6 Å². The predicted octanol–water partition coefficient (Wildman–Crippen LogP) is 3.43. The molecule has 3 aromatic rings. The Hall–Kier alpha value is -2.43. The number of hydrogen-bond donors (Lipinski definition) is 1. The first-order chi connectivity index (χ1) is 11.8. The van der Waals surface area contributed by atoms with E-state index >= 15 is 0 Å². The van der Waals surface area contributed by atoms with Crippen LogP contribution >= 0.6 is 0 Å². The van der Waals surface area contributed by atoms with Crippen molar-refractivity contribution in [2.24, 2.45) is 0 Å². The lowest BCUT2D eigenvalue weighted by atomic mass is 10.0. The summed E-state index contributed by atoms with van der Waals surface area (Å²) in [7, 11) is 2.11. The third kappa shape index (κ3) is 3.91. The number of nitrogens with zero attached hydrogens (tertiary/aromatic N) is 3. The molecule has 1 unspecified atom stereocenters. The van der Waals surface area contributed by atoms with Gasteiger partial charge in [0.2, 0.25) is 0 Å². The van der Waals surface area contributed by atoms with Crippen molar-refractivity contribution in [2.75, 3.05) is 13.7 Å². The Bertz CT molecular complexity index is 741. The van der Waals surface area contributed by atoms with Crippen LogP contribution in [0.25, 0.3) is 5.69 Å². The smallest absolute Gasteiger partial charge is 0.0648 e. The van der Waals surface area contributed by atoms with Crippen LogP contribution in [0.2, 0.25) is 0 Å². The monoisotopic (exact) mass is 321 g/mol. The lowest BCUT2D eigenvalue weighted by Gasteiger charge is -2.28. The molecule has 0 saturated heterocycles. The highest BCUT2D eigenvalue weighted by Gasteiger charge is 2.16. The quantitative estimate of drug-likeness (QED) is 0.725. The van der Waals surface area contributed by atoms with Gasteiger partial charge in [-0.15, -0.1) is 0 Å². The van der Waals surface area contributed by atoms with Crippen LogP contribution in [0.5, 0.6) is 0 Å². The Kier molecular flexibility index (Phi) is 5.41. The molecule has 0 saturated carbocycles. The molecule has 0 aliphatic carbocycles. The zero-order chi connectivity index (χ0) is 16.8. The van der Waals surface area contributed by atoms with Crippen LogP contribution < -0.4 is 0 Å². The molecule has 0 aliphatic rings. The maximum Gasteiger partial charge on any atom is 0.0648 e. The number of benzene rings is 2. The van der Waals surface area contributed by atoms with Crippen LogP contribution in [0.4, 0.5) is 0 Å². The number of hydrogen-bond acceptors (Lipinski definition) is 3. The summed E-state index contributed by atoms with van der Waals surface area (Å²) < 4.78 is 1.87. The van der Waals surface area contributed by atoms with Crippen molar-refractivity contribution in [2.45, 2.75) is 19.0 Å². The first-order valence-electron chi connectivity index (χ1n) is 8.23. The van der Waals surface area contributed by atoms with Gasteiger partial charge in [0.05, 0.1) is 5.69 Å². The molecular weight excluding hydrogens is 298 g/mol. The molecule has 4 nitrogen and oxygen atoms in total. The molecule has 0 fully saturated rings. The first-order valence-corrected chi connectivity index (χ1v) is 8.23. The molecule has 0 aliphatic heterocycles. The molecule has 0 spiro atoms. The van der Waals surface area contributed by atoms with Crippen LogP contribution in [0, 0.1) is 0 Å². The van der Waals surface area contributed by atoms with Crippen molar-refractivity contribution < 1.29 is 5.11 Å². The highest BCUT2D eigenvalue weighted by molar-refractivity contribution is 5.35. The number of aliphatic hydroxyl groups excluding tert-OH is 1. The Morgan fingerprint density at radius 3 is 2.62 bits per heavy atom. The van der Waals surface area contributed by atoms with Gasteiger partial charge < -0.3 is 5.11 Å². The van der Waals surface area contributed by atoms with E-state index in [1.165, 1.54) is 11.1 Å². The minimum absolute atomic E-state index is 0.178. The molecule has 1 heterocycles. The summed E-state index contributed by atoms with van der Waals surface area (Å²) in [5.74, 6) is 0. The fourth-order valence-electron chi connectivity index (χ4n) is 3.06. The van der Waals surface area contributed by atoms with Gasteiger partial charge in [0.15, 0.2) is 0 Å². The normalized spacial score (nSPS) is 12.5. The van der Waals surface area contributed by atoms with E-state index in [-0.39, 0.29) is 12.6 Å². The molecule has 0 bridgehead atoms. The molecule has 4 heteroatoms. The van der Waals surface area contributed by atoms with E-state index in [0.717, 1.165) is 18.7 Å². The lowest BCUT2D eigenvalue weighted by Crippen LogP contribution is -2.25. The average Bonchev–Trinajstić information content (AvgIpc) is 3.15. The van der Waals surface area contributed by atoms with Crippen LogP contribution in [0.1, 0.15) is 23.6 Å². The first kappa shape index (κ1) is 16.4. The van der Waals surface area contributed by atoms with Crippen molar-refractivity contribution in [1.29, 1.82) is 0 Å². The van der Waals surface area contributed by atoms with Crippen LogP contribution in [-0.4, -0.2) is 33.4 Å². The highest BCUT2D eigenvalue weighted by atomic mass is 16.3. The second kappa shape index (κ2) is 7.90. The zero-order valence-electron chi connectivity index (χ0n) is 13.9. The zero-order valence-corrected chi connectivity index (χ0v) is 13.9.